The molecule has 1 amide bonds. The standard InChI is InChI=1S/C13H25N3O4S.ClH/c1-10-12(14-5-8-20-10)13(17)15-9-11-3-6-16(7-4-11)21(2,18)19;/h10-12,14H,3-9H2,1-2H3,(H,15,17);1H/t10-,12+;/m1./s1. The van der Waals surface area contributed by atoms with Gasteiger partial charge in [0.2, 0.25) is 15.9 Å². The number of rotatable bonds is 4. The first kappa shape index (κ1) is 19.6. The molecule has 2 fully saturated rings. The van der Waals surface area contributed by atoms with Crippen molar-refractivity contribution in [3.63, 3.8) is 0 Å². The third kappa shape index (κ3) is 5.34. The summed E-state index contributed by atoms with van der Waals surface area (Å²) in [5.74, 6) is 0.305. The molecule has 22 heavy (non-hydrogen) atoms. The molecule has 2 atom stereocenters. The number of nitrogens with one attached hydrogen (secondary N) is 2. The highest BCUT2D eigenvalue weighted by Crippen LogP contribution is 2.18. The number of hydrogen-bond donors (Lipinski definition) is 2. The van der Waals surface area contributed by atoms with E-state index < -0.39 is 10.0 Å². The largest absolute Gasteiger partial charge is 0.375 e. The Balaban J connectivity index is 0.00000242. The van der Waals surface area contributed by atoms with Crippen molar-refractivity contribution in [2.45, 2.75) is 31.9 Å². The highest BCUT2D eigenvalue weighted by molar-refractivity contribution is 7.88. The Morgan fingerprint density at radius 2 is 2.00 bits per heavy atom. The van der Waals surface area contributed by atoms with Crippen molar-refractivity contribution in [1.82, 2.24) is 14.9 Å². The number of ether oxygens (including phenoxy) is 1. The van der Waals surface area contributed by atoms with Crippen LogP contribution in [0.3, 0.4) is 0 Å². The van der Waals surface area contributed by atoms with Gasteiger partial charge in [0.15, 0.2) is 0 Å². The molecule has 0 aromatic carbocycles. The molecule has 7 nitrogen and oxygen atoms in total. The van der Waals surface area contributed by atoms with E-state index in [2.05, 4.69) is 10.6 Å². The SMILES string of the molecule is C[C@H]1OCCN[C@@H]1C(=O)NCC1CCN(S(C)(=O)=O)CC1.Cl. The maximum atomic E-state index is 12.1. The number of amides is 1. The van der Waals surface area contributed by atoms with Gasteiger partial charge in [-0.05, 0) is 25.7 Å². The summed E-state index contributed by atoms with van der Waals surface area (Å²) in [6.07, 6.45) is 2.70. The fourth-order valence-electron chi connectivity index (χ4n) is 2.83. The molecule has 0 bridgehead atoms. The van der Waals surface area contributed by atoms with Gasteiger partial charge in [0.05, 0.1) is 19.0 Å². The Kier molecular flexibility index (Phi) is 7.54. The Hall–Kier alpha value is -0.410. The molecule has 0 aromatic heterocycles. The fourth-order valence-corrected chi connectivity index (χ4v) is 3.70. The molecule has 9 heteroatoms. The summed E-state index contributed by atoms with van der Waals surface area (Å²) in [5, 5.41) is 6.12. The van der Waals surface area contributed by atoms with Gasteiger partial charge in [0.1, 0.15) is 6.04 Å². The minimum atomic E-state index is -3.09. The lowest BCUT2D eigenvalue weighted by Gasteiger charge is -2.32. The van der Waals surface area contributed by atoms with E-state index in [4.69, 9.17) is 4.74 Å². The van der Waals surface area contributed by atoms with Gasteiger partial charge >= 0.3 is 0 Å². The first-order chi connectivity index (χ1) is 9.88. The molecule has 2 heterocycles. The van der Waals surface area contributed by atoms with Crippen molar-refractivity contribution in [3.8, 4) is 0 Å². The van der Waals surface area contributed by atoms with Crippen molar-refractivity contribution in [1.29, 1.82) is 0 Å². The average molecular weight is 356 g/mol. The molecule has 0 saturated carbocycles. The summed E-state index contributed by atoms with van der Waals surface area (Å²) in [7, 11) is -3.09. The van der Waals surface area contributed by atoms with Crippen molar-refractivity contribution in [2.24, 2.45) is 5.92 Å². The number of piperidine rings is 1. The van der Waals surface area contributed by atoms with Gasteiger partial charge in [-0.3, -0.25) is 4.79 Å². The minimum absolute atomic E-state index is 0. The van der Waals surface area contributed by atoms with Gasteiger partial charge in [-0.25, -0.2) is 12.7 Å². The van der Waals surface area contributed by atoms with Crippen LogP contribution in [0.2, 0.25) is 0 Å². The first-order valence-electron chi connectivity index (χ1n) is 7.45. The number of hydrogen-bond acceptors (Lipinski definition) is 5. The molecule has 2 aliphatic heterocycles. The Bertz CT molecular complexity index is 466. The van der Waals surface area contributed by atoms with E-state index in [1.165, 1.54) is 10.6 Å². The normalized spacial score (nSPS) is 27.9. The molecule has 0 aromatic rings. The molecular weight excluding hydrogens is 330 g/mol. The minimum Gasteiger partial charge on any atom is -0.375 e. The van der Waals surface area contributed by atoms with E-state index in [-0.39, 0.29) is 30.5 Å². The number of carbonyl (C=O) groups is 1. The van der Waals surface area contributed by atoms with Crippen LogP contribution in [0.5, 0.6) is 0 Å². The number of nitrogens with zero attached hydrogens (tertiary/aromatic N) is 1. The van der Waals surface area contributed by atoms with Gasteiger partial charge in [0.25, 0.3) is 0 Å². The summed E-state index contributed by atoms with van der Waals surface area (Å²) in [6.45, 7) is 4.90. The second kappa shape index (κ2) is 8.44. The molecular formula is C13H26ClN3O4S. The zero-order valence-corrected chi connectivity index (χ0v) is 14.7. The quantitative estimate of drug-likeness (QED) is 0.714. The van der Waals surface area contributed by atoms with E-state index in [1.807, 2.05) is 6.92 Å². The maximum Gasteiger partial charge on any atom is 0.239 e. The van der Waals surface area contributed by atoms with Crippen LogP contribution in [-0.4, -0.2) is 69.8 Å². The highest BCUT2D eigenvalue weighted by atomic mass is 35.5. The lowest BCUT2D eigenvalue weighted by atomic mass is 9.98. The van der Waals surface area contributed by atoms with Crippen molar-refractivity contribution >= 4 is 28.3 Å². The van der Waals surface area contributed by atoms with Crippen LogP contribution in [0.1, 0.15) is 19.8 Å². The smallest absolute Gasteiger partial charge is 0.239 e. The second-order valence-corrected chi connectivity index (χ2v) is 7.84. The Labute approximate surface area is 138 Å². The summed E-state index contributed by atoms with van der Waals surface area (Å²) in [6, 6.07) is -0.296. The van der Waals surface area contributed by atoms with Crippen LogP contribution >= 0.6 is 12.4 Å². The molecule has 2 saturated heterocycles. The molecule has 130 valence electrons. The summed E-state index contributed by atoms with van der Waals surface area (Å²) < 4.78 is 29.8. The van der Waals surface area contributed by atoms with Gasteiger partial charge in [-0.2, -0.15) is 0 Å². The molecule has 2 N–H and O–H groups in total. The average Bonchev–Trinajstić information content (AvgIpc) is 2.45. The zero-order chi connectivity index (χ0) is 15.5. The number of carbonyl (C=O) groups excluding carboxylic acids is 1. The van der Waals surface area contributed by atoms with Crippen LogP contribution in [0, 0.1) is 5.92 Å². The predicted octanol–water partition coefficient (Wildman–Crippen LogP) is -0.427. The highest BCUT2D eigenvalue weighted by Gasteiger charge is 2.29. The summed E-state index contributed by atoms with van der Waals surface area (Å²) >= 11 is 0. The second-order valence-electron chi connectivity index (χ2n) is 5.86. The molecule has 0 spiro atoms. The van der Waals surface area contributed by atoms with Crippen molar-refractivity contribution in [3.05, 3.63) is 0 Å². The fraction of sp³-hybridized carbons (Fsp3) is 0.923. The summed E-state index contributed by atoms with van der Waals surface area (Å²) in [5.41, 5.74) is 0. The van der Waals surface area contributed by atoms with E-state index in [0.717, 1.165) is 12.8 Å². The summed E-state index contributed by atoms with van der Waals surface area (Å²) in [4.78, 5) is 12.1. The van der Waals surface area contributed by atoms with Crippen LogP contribution in [0.4, 0.5) is 0 Å². The first-order valence-corrected chi connectivity index (χ1v) is 9.30. The van der Waals surface area contributed by atoms with E-state index in [1.54, 1.807) is 0 Å². The van der Waals surface area contributed by atoms with Crippen molar-refractivity contribution in [2.75, 3.05) is 39.0 Å². The van der Waals surface area contributed by atoms with Gasteiger partial charge < -0.3 is 15.4 Å². The van der Waals surface area contributed by atoms with Crippen LogP contribution in [-0.2, 0) is 19.6 Å². The number of sulfonamides is 1. The van der Waals surface area contributed by atoms with Gasteiger partial charge in [-0.15, -0.1) is 12.4 Å². The van der Waals surface area contributed by atoms with E-state index in [9.17, 15) is 13.2 Å². The monoisotopic (exact) mass is 355 g/mol. The number of morpholine rings is 1. The third-order valence-electron chi connectivity index (χ3n) is 4.21. The topological polar surface area (TPSA) is 87.7 Å². The zero-order valence-electron chi connectivity index (χ0n) is 13.1. The predicted molar refractivity (Wildman–Crippen MR) is 86.6 cm³/mol. The lowest BCUT2D eigenvalue weighted by Crippen LogP contribution is -2.56. The van der Waals surface area contributed by atoms with Crippen LogP contribution in [0.25, 0.3) is 0 Å². The number of halogens is 1. The van der Waals surface area contributed by atoms with Gasteiger partial charge in [-0.1, -0.05) is 0 Å². The van der Waals surface area contributed by atoms with E-state index in [0.29, 0.717) is 38.7 Å². The molecule has 2 rings (SSSR count). The Morgan fingerprint density at radius 1 is 1.36 bits per heavy atom. The molecule has 0 radical (unpaired) electrons. The lowest BCUT2D eigenvalue weighted by molar-refractivity contribution is -0.129. The van der Waals surface area contributed by atoms with Crippen LogP contribution < -0.4 is 10.6 Å². The molecule has 2 aliphatic rings. The van der Waals surface area contributed by atoms with Crippen molar-refractivity contribution < 1.29 is 17.9 Å². The molecule has 0 unspecified atom stereocenters. The van der Waals surface area contributed by atoms with Gasteiger partial charge in [0, 0.05) is 26.2 Å². The molecule has 0 aliphatic carbocycles. The maximum absolute atomic E-state index is 12.1. The van der Waals surface area contributed by atoms with Crippen LogP contribution in [0.15, 0.2) is 0 Å². The van der Waals surface area contributed by atoms with E-state index >= 15 is 0 Å². The Morgan fingerprint density at radius 3 is 2.55 bits per heavy atom. The third-order valence-corrected chi connectivity index (χ3v) is 5.51.